The molecule has 2 aliphatic heterocycles. The number of guanidine groups is 1. The Morgan fingerprint density at radius 2 is 1.92 bits per heavy atom. The number of quaternary nitrogens is 1. The fourth-order valence-electron chi connectivity index (χ4n) is 2.55. The lowest BCUT2D eigenvalue weighted by Gasteiger charge is -2.21. The minimum atomic E-state index is 0.123. The lowest BCUT2D eigenvalue weighted by atomic mass is 10.3. The predicted octanol–water partition coefficient (Wildman–Crippen LogP) is 2.82. The minimum Gasteiger partial charge on any atom is -0.497 e. The SMILES string of the molecule is COc1cc(NC2=N[N+]3(c4cncs4)C=CN=CC3=N2)cc(OC)c1. The summed E-state index contributed by atoms with van der Waals surface area (Å²) in [5.41, 5.74) is 2.54. The number of amidine groups is 1. The quantitative estimate of drug-likeness (QED) is 0.855. The zero-order valence-corrected chi connectivity index (χ0v) is 14.4. The highest BCUT2D eigenvalue weighted by molar-refractivity contribution is 7.13. The molecule has 1 N–H and O–H groups in total. The van der Waals surface area contributed by atoms with Crippen LogP contribution in [0.25, 0.3) is 0 Å². The first kappa shape index (κ1) is 15.5. The first-order valence-corrected chi connectivity index (χ1v) is 8.30. The minimum absolute atomic E-state index is 0.123. The summed E-state index contributed by atoms with van der Waals surface area (Å²) < 4.78 is 10.7. The molecule has 4 rings (SSSR count). The summed E-state index contributed by atoms with van der Waals surface area (Å²) in [6, 6.07) is 5.50. The van der Waals surface area contributed by atoms with Crippen molar-refractivity contribution in [1.82, 2.24) is 9.58 Å². The smallest absolute Gasteiger partial charge is 0.287 e. The molecule has 8 nitrogen and oxygen atoms in total. The van der Waals surface area contributed by atoms with E-state index in [9.17, 15) is 0 Å². The molecular formula is C16H15N6O2S+. The molecule has 0 radical (unpaired) electrons. The van der Waals surface area contributed by atoms with Gasteiger partial charge < -0.3 is 14.8 Å². The second kappa shape index (κ2) is 6.11. The number of ether oxygens (including phenoxy) is 2. The second-order valence-electron chi connectivity index (χ2n) is 5.22. The van der Waals surface area contributed by atoms with E-state index in [1.165, 1.54) is 11.3 Å². The van der Waals surface area contributed by atoms with Gasteiger partial charge in [-0.25, -0.2) is 4.98 Å². The number of nitrogens with one attached hydrogen (secondary N) is 1. The maximum atomic E-state index is 5.30. The van der Waals surface area contributed by atoms with Gasteiger partial charge in [0.2, 0.25) is 5.00 Å². The molecule has 1 unspecified atom stereocenters. The second-order valence-corrected chi connectivity index (χ2v) is 6.09. The monoisotopic (exact) mass is 355 g/mol. The van der Waals surface area contributed by atoms with E-state index in [2.05, 4.69) is 20.3 Å². The summed E-state index contributed by atoms with van der Waals surface area (Å²) in [5, 5.41) is 8.88. The third kappa shape index (κ3) is 2.69. The third-order valence-corrected chi connectivity index (χ3v) is 4.60. The number of benzene rings is 1. The van der Waals surface area contributed by atoms with Crippen LogP contribution in [0.1, 0.15) is 0 Å². The Bertz CT molecular complexity index is 896. The topological polar surface area (TPSA) is 80.5 Å². The summed E-state index contributed by atoms with van der Waals surface area (Å²) in [6.07, 6.45) is 7.06. The molecule has 9 heteroatoms. The van der Waals surface area contributed by atoms with Gasteiger partial charge in [0.1, 0.15) is 23.9 Å². The lowest BCUT2D eigenvalue weighted by Crippen LogP contribution is -2.43. The van der Waals surface area contributed by atoms with E-state index < -0.39 is 0 Å². The highest BCUT2D eigenvalue weighted by atomic mass is 32.1. The molecule has 0 bridgehead atoms. The van der Waals surface area contributed by atoms with E-state index in [0.717, 1.165) is 10.7 Å². The largest absolute Gasteiger partial charge is 0.497 e. The highest BCUT2D eigenvalue weighted by Gasteiger charge is 2.44. The fraction of sp³-hybridized carbons (Fsp3) is 0.125. The zero-order valence-electron chi connectivity index (χ0n) is 13.6. The Balaban J connectivity index is 1.71. The summed E-state index contributed by atoms with van der Waals surface area (Å²) in [6.45, 7) is 0. The molecule has 2 aromatic rings. The van der Waals surface area contributed by atoms with Gasteiger partial charge in [-0.05, 0) is 5.10 Å². The van der Waals surface area contributed by atoms with Crippen LogP contribution in [0.2, 0.25) is 0 Å². The molecule has 1 aromatic heterocycles. The summed E-state index contributed by atoms with van der Waals surface area (Å²) >= 11 is 1.51. The first-order valence-electron chi connectivity index (χ1n) is 7.42. The molecule has 0 saturated heterocycles. The van der Waals surface area contributed by atoms with Crippen LogP contribution in [0.3, 0.4) is 0 Å². The van der Waals surface area contributed by atoms with Crippen molar-refractivity contribution in [1.29, 1.82) is 0 Å². The van der Waals surface area contributed by atoms with Crippen LogP contribution in [0.4, 0.5) is 10.7 Å². The summed E-state index contributed by atoms with van der Waals surface area (Å²) in [4.78, 5) is 12.9. The highest BCUT2D eigenvalue weighted by Crippen LogP contribution is 2.34. The predicted molar refractivity (Wildman–Crippen MR) is 99.6 cm³/mol. The number of aromatic nitrogens is 1. The standard InChI is InChI=1S/C16H15N6O2S/c1-23-12-5-11(6-13(7-12)24-2)19-16-20-14-8-17-3-4-22(14,21-16)15-9-18-10-25-15/h3-10H,1-2H3,(H,19,21)/q+1. The Morgan fingerprint density at radius 3 is 2.60 bits per heavy atom. The van der Waals surface area contributed by atoms with Gasteiger partial charge in [-0.3, -0.25) is 4.99 Å². The maximum Gasteiger partial charge on any atom is 0.287 e. The van der Waals surface area contributed by atoms with Crippen LogP contribution in [0.15, 0.2) is 57.4 Å². The number of nitrogens with zero attached hydrogens (tertiary/aromatic N) is 5. The zero-order chi connectivity index (χ0) is 17.3. The van der Waals surface area contributed by atoms with E-state index >= 15 is 0 Å². The lowest BCUT2D eigenvalue weighted by molar-refractivity contribution is 0.395. The van der Waals surface area contributed by atoms with Gasteiger partial charge in [0.05, 0.1) is 25.9 Å². The Morgan fingerprint density at radius 1 is 1.12 bits per heavy atom. The van der Waals surface area contributed by atoms with Crippen molar-refractivity contribution in [3.8, 4) is 11.5 Å². The van der Waals surface area contributed by atoms with Crippen LogP contribution in [-0.4, -0.2) is 37.2 Å². The molecule has 1 aromatic carbocycles. The molecule has 2 aliphatic rings. The van der Waals surface area contributed by atoms with Gasteiger partial charge >= 0.3 is 0 Å². The van der Waals surface area contributed by atoms with E-state index in [-0.39, 0.29) is 4.59 Å². The molecule has 126 valence electrons. The number of rotatable bonds is 4. The van der Waals surface area contributed by atoms with Gasteiger partial charge in [-0.1, -0.05) is 15.9 Å². The van der Waals surface area contributed by atoms with Crippen molar-refractivity contribution in [2.75, 3.05) is 19.5 Å². The molecule has 0 aliphatic carbocycles. The van der Waals surface area contributed by atoms with Gasteiger partial charge in [0.25, 0.3) is 11.8 Å². The number of anilines is 1. The van der Waals surface area contributed by atoms with Crippen LogP contribution in [0, 0.1) is 0 Å². The van der Waals surface area contributed by atoms with Gasteiger partial charge in [-0.2, -0.15) is 4.99 Å². The third-order valence-electron chi connectivity index (χ3n) is 3.74. The van der Waals surface area contributed by atoms with E-state index in [1.807, 2.05) is 18.3 Å². The van der Waals surface area contributed by atoms with Crippen molar-refractivity contribution in [2.45, 2.75) is 0 Å². The molecule has 25 heavy (non-hydrogen) atoms. The number of aliphatic imine (C=N–C) groups is 2. The van der Waals surface area contributed by atoms with Crippen LogP contribution in [0.5, 0.6) is 11.5 Å². The maximum absolute atomic E-state index is 5.30. The number of thiazole rings is 1. The van der Waals surface area contributed by atoms with Crippen molar-refractivity contribution in [3.63, 3.8) is 0 Å². The normalized spacial score (nSPS) is 20.7. The van der Waals surface area contributed by atoms with Gasteiger partial charge in [0, 0.05) is 23.9 Å². The Hall–Kier alpha value is -3.04. The number of fused-ring (bicyclic) bond motifs is 1. The fourth-order valence-corrected chi connectivity index (χ4v) is 3.26. The molecule has 1 atom stereocenters. The average molecular weight is 355 g/mol. The number of methoxy groups -OCH3 is 2. The molecule has 3 heterocycles. The summed E-state index contributed by atoms with van der Waals surface area (Å²) in [5.74, 6) is 2.53. The first-order chi connectivity index (χ1) is 12.2. The average Bonchev–Trinajstić information content (AvgIpc) is 3.29. The Kier molecular flexibility index (Phi) is 3.79. The van der Waals surface area contributed by atoms with E-state index in [0.29, 0.717) is 23.3 Å². The van der Waals surface area contributed by atoms with Gasteiger partial charge in [-0.15, -0.1) is 0 Å². The summed E-state index contributed by atoms with van der Waals surface area (Å²) in [7, 11) is 3.22. The van der Waals surface area contributed by atoms with Crippen molar-refractivity contribution >= 4 is 40.0 Å². The van der Waals surface area contributed by atoms with Crippen LogP contribution < -0.4 is 19.4 Å². The van der Waals surface area contributed by atoms with Gasteiger partial charge in [0.15, 0.2) is 6.20 Å². The van der Waals surface area contributed by atoms with Crippen molar-refractivity contribution in [2.24, 2.45) is 15.1 Å². The Labute approximate surface area is 148 Å². The van der Waals surface area contributed by atoms with Crippen molar-refractivity contribution < 1.29 is 9.47 Å². The van der Waals surface area contributed by atoms with E-state index in [1.54, 1.807) is 44.4 Å². The number of hydrogen-bond donors (Lipinski definition) is 1. The van der Waals surface area contributed by atoms with E-state index in [4.69, 9.17) is 14.6 Å². The molecule has 0 fully saturated rings. The number of hydrogen-bond acceptors (Lipinski definition) is 8. The molecular weight excluding hydrogens is 340 g/mol. The molecule has 0 amide bonds. The van der Waals surface area contributed by atoms with Crippen LogP contribution >= 0.6 is 11.3 Å². The molecule has 0 spiro atoms. The molecule has 0 saturated carbocycles. The van der Waals surface area contributed by atoms with Crippen LogP contribution in [-0.2, 0) is 0 Å². The van der Waals surface area contributed by atoms with Crippen molar-refractivity contribution in [3.05, 3.63) is 42.3 Å².